The van der Waals surface area contributed by atoms with Crippen molar-refractivity contribution in [3.8, 4) is 0 Å². The van der Waals surface area contributed by atoms with Crippen LogP contribution in [0.5, 0.6) is 0 Å². The lowest BCUT2D eigenvalue weighted by molar-refractivity contribution is 0.175. The number of aliphatic hydroxyl groups is 1. The third kappa shape index (κ3) is 2.83. The highest BCUT2D eigenvalue weighted by Gasteiger charge is 2.38. The van der Waals surface area contributed by atoms with Gasteiger partial charge in [-0.15, -0.1) is 0 Å². The quantitative estimate of drug-likeness (QED) is 0.816. The lowest BCUT2D eigenvalue weighted by Crippen LogP contribution is -2.49. The first kappa shape index (κ1) is 13.3. The maximum Gasteiger partial charge on any atom is 0.217 e. The van der Waals surface area contributed by atoms with Crippen LogP contribution in [0.2, 0.25) is 0 Å². The van der Waals surface area contributed by atoms with Crippen molar-refractivity contribution in [2.24, 2.45) is 0 Å². The number of aliphatic hydroxyl groups excluding tert-OH is 1. The van der Waals surface area contributed by atoms with Crippen LogP contribution in [0.1, 0.15) is 51.4 Å². The molecular weight excluding hydrogens is 238 g/mol. The summed E-state index contributed by atoms with van der Waals surface area (Å²) in [6, 6.07) is 0.161. The van der Waals surface area contributed by atoms with E-state index in [0.717, 1.165) is 51.4 Å². The fourth-order valence-electron chi connectivity index (χ4n) is 2.85. The second-order valence-corrected chi connectivity index (χ2v) is 7.39. The molecule has 0 aromatic carbocycles. The molecule has 4 nitrogen and oxygen atoms in total. The third-order valence-corrected chi connectivity index (χ3v) is 6.55. The Bertz CT molecular complexity index is 332. The van der Waals surface area contributed by atoms with Crippen molar-refractivity contribution in [3.63, 3.8) is 0 Å². The summed E-state index contributed by atoms with van der Waals surface area (Å²) in [5.74, 6) is 0. The fraction of sp³-hybridized carbons (Fsp3) is 1.00. The highest BCUT2D eigenvalue weighted by molar-refractivity contribution is 7.89. The van der Waals surface area contributed by atoms with Gasteiger partial charge in [-0.05, 0) is 25.7 Å². The molecule has 2 saturated carbocycles. The Morgan fingerprint density at radius 3 is 2.12 bits per heavy atom. The maximum absolute atomic E-state index is 12.5. The Hall–Kier alpha value is -0.130. The Balaban J connectivity index is 2.08. The molecule has 0 aromatic rings. The van der Waals surface area contributed by atoms with Crippen LogP contribution in [-0.2, 0) is 10.0 Å². The second kappa shape index (κ2) is 5.67. The molecule has 0 unspecified atom stereocenters. The van der Waals surface area contributed by atoms with Crippen LogP contribution in [0.4, 0.5) is 0 Å². The van der Waals surface area contributed by atoms with Gasteiger partial charge in [0.2, 0.25) is 10.0 Å². The van der Waals surface area contributed by atoms with Gasteiger partial charge in [-0.25, -0.2) is 8.42 Å². The minimum atomic E-state index is -3.17. The molecule has 0 saturated heterocycles. The van der Waals surface area contributed by atoms with E-state index in [1.165, 1.54) is 0 Å². The highest BCUT2D eigenvalue weighted by atomic mass is 32.2. The number of hydrogen-bond acceptors (Lipinski definition) is 3. The highest BCUT2D eigenvalue weighted by Crippen LogP contribution is 2.32. The molecular formula is C12H23NO3S. The number of rotatable bonds is 5. The van der Waals surface area contributed by atoms with Gasteiger partial charge >= 0.3 is 0 Å². The van der Waals surface area contributed by atoms with Crippen molar-refractivity contribution in [2.45, 2.75) is 62.7 Å². The van der Waals surface area contributed by atoms with E-state index in [2.05, 4.69) is 0 Å². The number of nitrogens with zero attached hydrogens (tertiary/aromatic N) is 1. The largest absolute Gasteiger partial charge is 0.395 e. The summed E-state index contributed by atoms with van der Waals surface area (Å²) in [4.78, 5) is 0. The minimum Gasteiger partial charge on any atom is -0.395 e. The van der Waals surface area contributed by atoms with Crippen molar-refractivity contribution >= 4 is 10.0 Å². The van der Waals surface area contributed by atoms with Gasteiger partial charge in [-0.2, -0.15) is 4.31 Å². The molecule has 100 valence electrons. The topological polar surface area (TPSA) is 57.6 Å². The van der Waals surface area contributed by atoms with Crippen molar-refractivity contribution in [1.29, 1.82) is 0 Å². The standard InChI is InChI=1S/C12H23NO3S/c14-10-9-13(11-5-4-6-11)17(15,16)12-7-2-1-3-8-12/h11-12,14H,1-10H2. The molecule has 0 radical (unpaired) electrons. The molecule has 2 fully saturated rings. The average Bonchev–Trinajstić information content (AvgIpc) is 2.27. The Morgan fingerprint density at radius 1 is 1.00 bits per heavy atom. The molecule has 0 amide bonds. The maximum atomic E-state index is 12.5. The molecule has 0 aliphatic heterocycles. The molecule has 2 aliphatic carbocycles. The van der Waals surface area contributed by atoms with E-state index >= 15 is 0 Å². The first-order valence-corrected chi connectivity index (χ1v) is 8.28. The fourth-order valence-corrected chi connectivity index (χ4v) is 5.12. The minimum absolute atomic E-state index is 0.0670. The molecule has 0 atom stereocenters. The van der Waals surface area contributed by atoms with Crippen LogP contribution < -0.4 is 0 Å². The zero-order chi connectivity index (χ0) is 12.3. The van der Waals surface area contributed by atoms with Gasteiger partial charge in [0.25, 0.3) is 0 Å². The van der Waals surface area contributed by atoms with E-state index in [0.29, 0.717) is 0 Å². The van der Waals surface area contributed by atoms with Gasteiger partial charge < -0.3 is 5.11 Å². The van der Waals surface area contributed by atoms with Crippen molar-refractivity contribution in [3.05, 3.63) is 0 Å². The van der Waals surface area contributed by atoms with Crippen molar-refractivity contribution < 1.29 is 13.5 Å². The lowest BCUT2D eigenvalue weighted by atomic mass is 9.93. The molecule has 17 heavy (non-hydrogen) atoms. The molecule has 0 spiro atoms. The Labute approximate surface area is 104 Å². The van der Waals surface area contributed by atoms with E-state index in [4.69, 9.17) is 5.11 Å². The summed E-state index contributed by atoms with van der Waals surface area (Å²) in [6.07, 6.45) is 7.87. The lowest BCUT2D eigenvalue weighted by Gasteiger charge is -2.39. The predicted molar refractivity (Wildman–Crippen MR) is 67.2 cm³/mol. The van der Waals surface area contributed by atoms with Crippen molar-refractivity contribution in [2.75, 3.05) is 13.2 Å². The van der Waals surface area contributed by atoms with Gasteiger partial charge in [0, 0.05) is 12.6 Å². The predicted octanol–water partition coefficient (Wildman–Crippen LogP) is 1.50. The zero-order valence-corrected chi connectivity index (χ0v) is 11.2. The van der Waals surface area contributed by atoms with Crippen LogP contribution in [0.25, 0.3) is 0 Å². The van der Waals surface area contributed by atoms with Crippen LogP contribution in [0.15, 0.2) is 0 Å². The molecule has 0 bridgehead atoms. The summed E-state index contributed by atoms with van der Waals surface area (Å²) in [5.41, 5.74) is 0. The summed E-state index contributed by atoms with van der Waals surface area (Å²) in [5, 5.41) is 8.87. The second-order valence-electron chi connectivity index (χ2n) is 5.22. The first-order chi connectivity index (χ1) is 8.16. The first-order valence-electron chi connectivity index (χ1n) is 6.78. The number of sulfonamides is 1. The normalized spacial score (nSPS) is 23.9. The van der Waals surface area contributed by atoms with Gasteiger partial charge in [-0.1, -0.05) is 25.7 Å². The SMILES string of the molecule is O=S(=O)(C1CCCCC1)N(CCO)C1CCC1. The van der Waals surface area contributed by atoms with Crippen LogP contribution in [0.3, 0.4) is 0 Å². The zero-order valence-electron chi connectivity index (χ0n) is 10.3. The smallest absolute Gasteiger partial charge is 0.217 e. The average molecular weight is 261 g/mol. The molecule has 0 aromatic heterocycles. The van der Waals surface area contributed by atoms with Gasteiger partial charge in [-0.3, -0.25) is 0 Å². The molecule has 2 aliphatic rings. The summed E-state index contributed by atoms with van der Waals surface area (Å²) >= 11 is 0. The van der Waals surface area contributed by atoms with Crippen molar-refractivity contribution in [1.82, 2.24) is 4.31 Å². The molecule has 5 heteroatoms. The monoisotopic (exact) mass is 261 g/mol. The summed E-state index contributed by atoms with van der Waals surface area (Å²) in [6.45, 7) is 0.214. The third-order valence-electron chi connectivity index (χ3n) is 4.10. The summed E-state index contributed by atoms with van der Waals surface area (Å²) in [7, 11) is -3.17. The summed E-state index contributed by atoms with van der Waals surface area (Å²) < 4.78 is 26.6. The van der Waals surface area contributed by atoms with Gasteiger partial charge in [0.05, 0.1) is 11.9 Å². The van der Waals surface area contributed by atoms with E-state index in [1.807, 2.05) is 0 Å². The number of hydrogen-bond donors (Lipinski definition) is 1. The van der Waals surface area contributed by atoms with E-state index in [-0.39, 0.29) is 24.4 Å². The van der Waals surface area contributed by atoms with E-state index in [9.17, 15) is 8.42 Å². The van der Waals surface area contributed by atoms with E-state index < -0.39 is 10.0 Å². The van der Waals surface area contributed by atoms with Crippen LogP contribution in [0, 0.1) is 0 Å². The molecule has 2 rings (SSSR count). The van der Waals surface area contributed by atoms with Crippen LogP contribution >= 0.6 is 0 Å². The van der Waals surface area contributed by atoms with E-state index in [1.54, 1.807) is 4.31 Å². The Kier molecular flexibility index (Phi) is 4.44. The van der Waals surface area contributed by atoms with Crippen LogP contribution in [-0.4, -0.2) is 42.3 Å². The molecule has 1 N–H and O–H groups in total. The Morgan fingerprint density at radius 2 is 1.65 bits per heavy atom. The van der Waals surface area contributed by atoms with Gasteiger partial charge in [0.1, 0.15) is 0 Å². The van der Waals surface area contributed by atoms with Gasteiger partial charge in [0.15, 0.2) is 0 Å². The molecule has 0 heterocycles.